The maximum atomic E-state index is 12.0. The quantitative estimate of drug-likeness (QED) is 0.825. The second-order valence-electron chi connectivity index (χ2n) is 3.75. The lowest BCUT2D eigenvalue weighted by Crippen LogP contribution is -2.14. The molecule has 0 saturated heterocycles. The third kappa shape index (κ3) is 3.26. The molecule has 0 aliphatic rings. The highest BCUT2D eigenvalue weighted by atomic mass is 79.9. The Balaban J connectivity index is 2.25. The van der Waals surface area contributed by atoms with Gasteiger partial charge >= 0.3 is 0 Å². The summed E-state index contributed by atoms with van der Waals surface area (Å²) in [6.45, 7) is 0. The largest absolute Gasteiger partial charge is 0.495 e. The molecule has 0 atom stereocenters. The number of carbonyl (C=O) groups is 1. The van der Waals surface area contributed by atoms with Crippen molar-refractivity contribution in [1.29, 1.82) is 0 Å². The van der Waals surface area contributed by atoms with Crippen LogP contribution in [0.25, 0.3) is 0 Å². The molecule has 1 heterocycles. The molecule has 1 aromatic carbocycles. The average Bonchev–Trinajstić information content (AvgIpc) is 2.42. The average molecular weight is 402 g/mol. The number of aromatic nitrogens is 2. The van der Waals surface area contributed by atoms with Gasteiger partial charge in [-0.05, 0) is 37.9 Å². The Labute approximate surface area is 132 Å². The van der Waals surface area contributed by atoms with Gasteiger partial charge in [-0.25, -0.2) is 9.97 Å². The Morgan fingerprint density at radius 1 is 1.25 bits per heavy atom. The minimum absolute atomic E-state index is 0.174. The second kappa shape index (κ2) is 6.19. The fourth-order valence-corrected chi connectivity index (χ4v) is 2.68. The minimum atomic E-state index is -0.387. The van der Waals surface area contributed by atoms with Gasteiger partial charge in [0, 0.05) is 10.5 Å². The summed E-state index contributed by atoms with van der Waals surface area (Å²) >= 11 is 6.72. The van der Waals surface area contributed by atoms with Crippen LogP contribution >= 0.6 is 31.9 Å². The Morgan fingerprint density at radius 3 is 2.60 bits per heavy atom. The summed E-state index contributed by atoms with van der Waals surface area (Å²) in [6.07, 6.45) is 2.64. The molecule has 6 nitrogen and oxygen atoms in total. The topological polar surface area (TPSA) is 90.1 Å². The van der Waals surface area contributed by atoms with Crippen LogP contribution in [0.15, 0.2) is 33.5 Å². The van der Waals surface area contributed by atoms with Crippen molar-refractivity contribution in [2.75, 3.05) is 18.2 Å². The van der Waals surface area contributed by atoms with Crippen LogP contribution in [0, 0.1) is 0 Å². The van der Waals surface area contributed by atoms with Gasteiger partial charge in [0.05, 0.1) is 29.7 Å². The lowest BCUT2D eigenvalue weighted by atomic mass is 10.3. The van der Waals surface area contributed by atoms with Crippen molar-refractivity contribution in [2.45, 2.75) is 0 Å². The number of benzene rings is 1. The SMILES string of the molecule is COc1cc(NC(=O)c2cnc(N)cn2)c(Br)cc1Br. The lowest BCUT2D eigenvalue weighted by molar-refractivity contribution is 0.102. The summed E-state index contributed by atoms with van der Waals surface area (Å²) in [7, 11) is 1.55. The number of nitrogens with two attached hydrogens (primary N) is 1. The van der Waals surface area contributed by atoms with Gasteiger partial charge in [0.2, 0.25) is 0 Å². The molecule has 1 aromatic heterocycles. The van der Waals surface area contributed by atoms with E-state index in [1.54, 1.807) is 19.2 Å². The van der Waals surface area contributed by atoms with Crippen molar-refractivity contribution >= 4 is 49.3 Å². The van der Waals surface area contributed by atoms with Crippen LogP contribution in [0.4, 0.5) is 11.5 Å². The van der Waals surface area contributed by atoms with Gasteiger partial charge in [0.15, 0.2) is 0 Å². The van der Waals surface area contributed by atoms with E-state index in [-0.39, 0.29) is 17.4 Å². The number of nitrogen functional groups attached to an aromatic ring is 1. The van der Waals surface area contributed by atoms with E-state index >= 15 is 0 Å². The van der Waals surface area contributed by atoms with Gasteiger partial charge < -0.3 is 15.8 Å². The van der Waals surface area contributed by atoms with E-state index in [1.165, 1.54) is 12.4 Å². The Morgan fingerprint density at radius 2 is 2.00 bits per heavy atom. The molecule has 0 aliphatic carbocycles. The molecule has 20 heavy (non-hydrogen) atoms. The fraction of sp³-hybridized carbons (Fsp3) is 0.0833. The zero-order valence-corrected chi connectivity index (χ0v) is 13.5. The molecule has 3 N–H and O–H groups in total. The second-order valence-corrected chi connectivity index (χ2v) is 5.46. The predicted molar refractivity (Wildman–Crippen MR) is 82.8 cm³/mol. The van der Waals surface area contributed by atoms with Crippen molar-refractivity contribution in [3.05, 3.63) is 39.2 Å². The molecule has 1 amide bonds. The van der Waals surface area contributed by atoms with Crippen molar-refractivity contribution in [3.8, 4) is 5.75 Å². The van der Waals surface area contributed by atoms with Crippen LogP contribution in [0.2, 0.25) is 0 Å². The number of ether oxygens (including phenoxy) is 1. The van der Waals surface area contributed by atoms with Crippen LogP contribution in [-0.4, -0.2) is 23.0 Å². The number of hydrogen-bond acceptors (Lipinski definition) is 5. The normalized spacial score (nSPS) is 10.2. The molecule has 0 fully saturated rings. The molecule has 104 valence electrons. The molecule has 0 aliphatic heterocycles. The number of hydrogen-bond donors (Lipinski definition) is 2. The summed E-state index contributed by atoms with van der Waals surface area (Å²) < 4.78 is 6.67. The van der Waals surface area contributed by atoms with Gasteiger partial charge in [0.25, 0.3) is 5.91 Å². The summed E-state index contributed by atoms with van der Waals surface area (Å²) in [4.78, 5) is 19.8. The first kappa shape index (κ1) is 14.7. The van der Waals surface area contributed by atoms with Crippen LogP contribution < -0.4 is 15.8 Å². The molecule has 0 bridgehead atoms. The molecule has 0 spiro atoms. The maximum Gasteiger partial charge on any atom is 0.275 e. The summed E-state index contributed by atoms with van der Waals surface area (Å²) in [5.74, 6) is 0.475. The first-order valence-electron chi connectivity index (χ1n) is 5.43. The third-order valence-corrected chi connectivity index (χ3v) is 3.67. The zero-order chi connectivity index (χ0) is 14.7. The summed E-state index contributed by atoms with van der Waals surface area (Å²) in [5.41, 5.74) is 6.16. The maximum absolute atomic E-state index is 12.0. The highest BCUT2D eigenvalue weighted by Gasteiger charge is 2.12. The summed E-state index contributed by atoms with van der Waals surface area (Å²) in [5, 5.41) is 2.72. The Hall–Kier alpha value is -1.67. The first-order valence-corrected chi connectivity index (χ1v) is 7.01. The molecule has 2 rings (SSSR count). The third-order valence-electron chi connectivity index (χ3n) is 2.39. The number of carbonyl (C=O) groups excluding carboxylic acids is 1. The summed E-state index contributed by atoms with van der Waals surface area (Å²) in [6, 6.07) is 3.47. The van der Waals surface area contributed by atoms with Gasteiger partial charge in [-0.15, -0.1) is 0 Å². The molecule has 0 radical (unpaired) electrons. The first-order chi connectivity index (χ1) is 9.51. The number of nitrogens with one attached hydrogen (secondary N) is 1. The molecule has 8 heteroatoms. The van der Waals surface area contributed by atoms with E-state index in [1.807, 2.05) is 0 Å². The van der Waals surface area contributed by atoms with Crippen LogP contribution in [0.5, 0.6) is 5.75 Å². The lowest BCUT2D eigenvalue weighted by Gasteiger charge is -2.10. The number of halogens is 2. The van der Waals surface area contributed by atoms with Crippen molar-refractivity contribution in [2.24, 2.45) is 0 Å². The van der Waals surface area contributed by atoms with Crippen LogP contribution in [0.3, 0.4) is 0 Å². The van der Waals surface area contributed by atoms with E-state index in [9.17, 15) is 4.79 Å². The van der Waals surface area contributed by atoms with Crippen molar-refractivity contribution in [3.63, 3.8) is 0 Å². The van der Waals surface area contributed by atoms with E-state index < -0.39 is 0 Å². The van der Waals surface area contributed by atoms with E-state index in [2.05, 4.69) is 47.1 Å². The predicted octanol–water partition coefficient (Wildman–Crippen LogP) is 2.84. The zero-order valence-electron chi connectivity index (χ0n) is 10.4. The highest BCUT2D eigenvalue weighted by Crippen LogP contribution is 2.34. The molecule has 0 unspecified atom stereocenters. The minimum Gasteiger partial charge on any atom is -0.495 e. The Bertz CT molecular complexity index is 647. The number of anilines is 2. The van der Waals surface area contributed by atoms with E-state index in [0.717, 1.165) is 4.47 Å². The van der Waals surface area contributed by atoms with Gasteiger partial charge in [0.1, 0.15) is 17.3 Å². The van der Waals surface area contributed by atoms with Crippen molar-refractivity contribution < 1.29 is 9.53 Å². The van der Waals surface area contributed by atoms with Gasteiger partial charge in [-0.1, -0.05) is 0 Å². The number of nitrogens with zero attached hydrogens (tertiary/aromatic N) is 2. The van der Waals surface area contributed by atoms with Crippen molar-refractivity contribution in [1.82, 2.24) is 9.97 Å². The number of amides is 1. The number of methoxy groups -OCH3 is 1. The van der Waals surface area contributed by atoms with Crippen LogP contribution in [-0.2, 0) is 0 Å². The molecular weight excluding hydrogens is 392 g/mol. The Kier molecular flexibility index (Phi) is 4.56. The monoisotopic (exact) mass is 400 g/mol. The standard InChI is InChI=1S/C12H10Br2N4O2/c1-20-10-3-8(6(13)2-7(10)14)18-12(19)9-4-17-11(15)5-16-9/h2-5H,1H3,(H2,15,17)(H,18,19). The fourth-order valence-electron chi connectivity index (χ4n) is 1.42. The highest BCUT2D eigenvalue weighted by molar-refractivity contribution is 9.11. The van der Waals surface area contributed by atoms with Gasteiger partial charge in [-0.3, -0.25) is 4.79 Å². The van der Waals surface area contributed by atoms with Gasteiger partial charge in [-0.2, -0.15) is 0 Å². The van der Waals surface area contributed by atoms with Crippen LogP contribution in [0.1, 0.15) is 10.5 Å². The van der Waals surface area contributed by atoms with E-state index in [4.69, 9.17) is 10.5 Å². The molecular formula is C12H10Br2N4O2. The molecule has 2 aromatic rings. The number of rotatable bonds is 3. The smallest absolute Gasteiger partial charge is 0.275 e. The van der Waals surface area contributed by atoms with E-state index in [0.29, 0.717) is 15.9 Å². The molecule has 0 saturated carbocycles.